The average molecular weight is 364 g/mol. The summed E-state index contributed by atoms with van der Waals surface area (Å²) in [6.45, 7) is 0. The summed E-state index contributed by atoms with van der Waals surface area (Å²) in [6, 6.07) is 9.93. The maximum absolute atomic E-state index is 13.2. The number of anilines is 2. The molecule has 0 spiro atoms. The standard InChI is InChI=1S/C20H17FN4O2/c21-15-5-14(9-23-10-15)18(26)24-16-2-1-3-17(6-16)25-19(27)20(11-22)7-12-4-13(12)8-20/h1-3,5-6,9-10,12-13H,4,7-8H2,(H,24,26)(H,25,27). The molecular formula is C20H17FN4O2. The fourth-order valence-corrected chi connectivity index (χ4v) is 3.78. The van der Waals surface area contributed by atoms with E-state index in [-0.39, 0.29) is 11.5 Å². The molecule has 0 radical (unpaired) electrons. The van der Waals surface area contributed by atoms with Crippen LogP contribution < -0.4 is 10.6 Å². The Labute approximate surface area is 155 Å². The van der Waals surface area contributed by atoms with Crippen LogP contribution in [0.4, 0.5) is 15.8 Å². The molecule has 136 valence electrons. The van der Waals surface area contributed by atoms with Crippen molar-refractivity contribution >= 4 is 23.2 Å². The van der Waals surface area contributed by atoms with Crippen LogP contribution in [0, 0.1) is 34.4 Å². The number of pyridine rings is 1. The summed E-state index contributed by atoms with van der Waals surface area (Å²) < 4.78 is 13.2. The van der Waals surface area contributed by atoms with E-state index in [0.29, 0.717) is 36.1 Å². The summed E-state index contributed by atoms with van der Waals surface area (Å²) in [5.74, 6) is -0.397. The van der Waals surface area contributed by atoms with Crippen LogP contribution in [0.15, 0.2) is 42.7 Å². The van der Waals surface area contributed by atoms with Crippen molar-refractivity contribution in [1.82, 2.24) is 4.98 Å². The van der Waals surface area contributed by atoms with Gasteiger partial charge in [-0.3, -0.25) is 14.6 Å². The van der Waals surface area contributed by atoms with E-state index in [4.69, 9.17) is 0 Å². The molecule has 0 bridgehead atoms. The Morgan fingerprint density at radius 3 is 2.52 bits per heavy atom. The highest BCUT2D eigenvalue weighted by Crippen LogP contribution is 2.59. The van der Waals surface area contributed by atoms with Crippen LogP contribution >= 0.6 is 0 Å². The van der Waals surface area contributed by atoms with Crippen LogP contribution in [0.3, 0.4) is 0 Å². The van der Waals surface area contributed by atoms with E-state index in [2.05, 4.69) is 21.7 Å². The SMILES string of the molecule is N#CC1(C(=O)Nc2cccc(NC(=O)c3cncc(F)c3)c2)CC2CC2C1. The van der Waals surface area contributed by atoms with Gasteiger partial charge in [0.05, 0.1) is 17.8 Å². The summed E-state index contributed by atoms with van der Waals surface area (Å²) in [6.07, 6.45) is 4.64. The number of fused-ring (bicyclic) bond motifs is 1. The van der Waals surface area contributed by atoms with Gasteiger partial charge in [-0.25, -0.2) is 4.39 Å². The number of nitriles is 1. The van der Waals surface area contributed by atoms with Crippen molar-refractivity contribution in [3.8, 4) is 6.07 Å². The van der Waals surface area contributed by atoms with E-state index < -0.39 is 17.1 Å². The van der Waals surface area contributed by atoms with E-state index in [1.165, 1.54) is 6.20 Å². The molecule has 27 heavy (non-hydrogen) atoms. The summed E-state index contributed by atoms with van der Waals surface area (Å²) in [5.41, 5.74) is 0.0748. The van der Waals surface area contributed by atoms with Gasteiger partial charge < -0.3 is 10.6 Å². The first-order valence-electron chi connectivity index (χ1n) is 8.74. The molecule has 2 aliphatic rings. The van der Waals surface area contributed by atoms with Gasteiger partial charge in [0.1, 0.15) is 11.2 Å². The van der Waals surface area contributed by atoms with Gasteiger partial charge in [0.2, 0.25) is 5.91 Å². The molecular weight excluding hydrogens is 347 g/mol. The number of amides is 2. The number of aromatic nitrogens is 1. The van der Waals surface area contributed by atoms with Crippen LogP contribution in [-0.4, -0.2) is 16.8 Å². The number of carbonyl (C=O) groups excluding carboxylic acids is 2. The van der Waals surface area contributed by atoms with Gasteiger partial charge >= 0.3 is 0 Å². The number of hydrogen-bond acceptors (Lipinski definition) is 4. The molecule has 2 atom stereocenters. The second-order valence-electron chi connectivity index (χ2n) is 7.24. The Morgan fingerprint density at radius 1 is 1.15 bits per heavy atom. The molecule has 4 rings (SSSR count). The fourth-order valence-electron chi connectivity index (χ4n) is 3.78. The molecule has 1 aromatic carbocycles. The maximum atomic E-state index is 13.2. The summed E-state index contributed by atoms with van der Waals surface area (Å²) in [4.78, 5) is 28.5. The van der Waals surface area contributed by atoms with Gasteiger partial charge in [-0.1, -0.05) is 6.07 Å². The fraction of sp³-hybridized carbons (Fsp3) is 0.300. The van der Waals surface area contributed by atoms with E-state index in [9.17, 15) is 19.2 Å². The van der Waals surface area contributed by atoms with Crippen molar-refractivity contribution < 1.29 is 14.0 Å². The topological polar surface area (TPSA) is 94.9 Å². The molecule has 0 saturated heterocycles. The lowest BCUT2D eigenvalue weighted by Crippen LogP contribution is -2.33. The number of nitrogens with zero attached hydrogens (tertiary/aromatic N) is 2. The number of benzene rings is 1. The first-order valence-corrected chi connectivity index (χ1v) is 8.74. The predicted octanol–water partition coefficient (Wildman–Crippen LogP) is 3.35. The second kappa shape index (κ2) is 6.47. The highest BCUT2D eigenvalue weighted by Gasteiger charge is 2.57. The number of carbonyl (C=O) groups is 2. The quantitative estimate of drug-likeness (QED) is 0.870. The minimum Gasteiger partial charge on any atom is -0.325 e. The highest BCUT2D eigenvalue weighted by molar-refractivity contribution is 6.04. The van der Waals surface area contributed by atoms with Crippen molar-refractivity contribution in [3.63, 3.8) is 0 Å². The third-order valence-electron chi connectivity index (χ3n) is 5.28. The highest BCUT2D eigenvalue weighted by atomic mass is 19.1. The molecule has 2 unspecified atom stereocenters. The lowest BCUT2D eigenvalue weighted by molar-refractivity contribution is -0.123. The normalized spacial score (nSPS) is 25.2. The Morgan fingerprint density at radius 2 is 1.85 bits per heavy atom. The van der Waals surface area contributed by atoms with E-state index in [1.54, 1.807) is 24.3 Å². The minimum absolute atomic E-state index is 0.0954. The average Bonchev–Trinajstić information content (AvgIpc) is 3.28. The third kappa shape index (κ3) is 3.38. The van der Waals surface area contributed by atoms with Crippen molar-refractivity contribution in [2.24, 2.45) is 17.3 Å². The largest absolute Gasteiger partial charge is 0.325 e. The van der Waals surface area contributed by atoms with Crippen molar-refractivity contribution in [1.29, 1.82) is 5.26 Å². The molecule has 2 N–H and O–H groups in total. The summed E-state index contributed by atoms with van der Waals surface area (Å²) in [7, 11) is 0. The minimum atomic E-state index is -0.958. The smallest absolute Gasteiger partial charge is 0.257 e. The number of rotatable bonds is 4. The van der Waals surface area contributed by atoms with Crippen LogP contribution in [0.1, 0.15) is 29.6 Å². The Bertz CT molecular complexity index is 958. The zero-order valence-corrected chi connectivity index (χ0v) is 14.4. The third-order valence-corrected chi connectivity index (χ3v) is 5.28. The molecule has 2 aliphatic carbocycles. The molecule has 1 heterocycles. The van der Waals surface area contributed by atoms with Crippen molar-refractivity contribution in [3.05, 3.63) is 54.1 Å². The Balaban J connectivity index is 1.45. The second-order valence-corrected chi connectivity index (χ2v) is 7.24. The lowest BCUT2D eigenvalue weighted by Gasteiger charge is -2.21. The van der Waals surface area contributed by atoms with Crippen LogP contribution in [0.5, 0.6) is 0 Å². The molecule has 7 heteroatoms. The lowest BCUT2D eigenvalue weighted by atomic mass is 9.83. The number of nitrogens with one attached hydrogen (secondary N) is 2. The van der Waals surface area contributed by atoms with Gasteiger partial charge in [0, 0.05) is 17.6 Å². The molecule has 6 nitrogen and oxygen atoms in total. The van der Waals surface area contributed by atoms with E-state index >= 15 is 0 Å². The predicted molar refractivity (Wildman–Crippen MR) is 96.1 cm³/mol. The first-order chi connectivity index (χ1) is 13.0. The van der Waals surface area contributed by atoms with E-state index in [1.807, 2.05) is 0 Å². The summed E-state index contributed by atoms with van der Waals surface area (Å²) in [5, 5.41) is 15.0. The molecule has 0 aliphatic heterocycles. The monoisotopic (exact) mass is 364 g/mol. The van der Waals surface area contributed by atoms with Crippen LogP contribution in [0.25, 0.3) is 0 Å². The van der Waals surface area contributed by atoms with Gasteiger partial charge in [0.25, 0.3) is 5.91 Å². The van der Waals surface area contributed by atoms with Gasteiger partial charge in [0.15, 0.2) is 0 Å². The number of halogens is 1. The summed E-state index contributed by atoms with van der Waals surface area (Å²) >= 11 is 0. The van der Waals surface area contributed by atoms with E-state index in [0.717, 1.165) is 18.7 Å². The van der Waals surface area contributed by atoms with Gasteiger partial charge in [-0.15, -0.1) is 0 Å². The first kappa shape index (κ1) is 17.2. The van der Waals surface area contributed by atoms with Crippen LogP contribution in [-0.2, 0) is 4.79 Å². The Hall–Kier alpha value is -3.27. The van der Waals surface area contributed by atoms with Crippen molar-refractivity contribution in [2.75, 3.05) is 10.6 Å². The van der Waals surface area contributed by atoms with Gasteiger partial charge in [-0.05, 0) is 55.4 Å². The van der Waals surface area contributed by atoms with Crippen LogP contribution in [0.2, 0.25) is 0 Å². The van der Waals surface area contributed by atoms with Gasteiger partial charge in [-0.2, -0.15) is 5.26 Å². The maximum Gasteiger partial charge on any atom is 0.257 e. The molecule has 2 aromatic rings. The zero-order chi connectivity index (χ0) is 19.0. The van der Waals surface area contributed by atoms with Crippen molar-refractivity contribution in [2.45, 2.75) is 19.3 Å². The molecule has 2 amide bonds. The Kier molecular flexibility index (Phi) is 4.11. The molecule has 2 fully saturated rings. The molecule has 1 aromatic heterocycles. The molecule has 2 saturated carbocycles. The number of hydrogen-bond donors (Lipinski definition) is 2. The zero-order valence-electron chi connectivity index (χ0n) is 14.4.